The van der Waals surface area contributed by atoms with Crippen LogP contribution < -0.4 is 5.32 Å². The number of amides is 2. The summed E-state index contributed by atoms with van der Waals surface area (Å²) in [7, 11) is 0. The molecule has 0 spiro atoms. The molecule has 0 aromatic carbocycles. The van der Waals surface area contributed by atoms with Crippen LogP contribution in [0.15, 0.2) is 0 Å². The third-order valence-corrected chi connectivity index (χ3v) is 3.87. The molecule has 5 nitrogen and oxygen atoms in total. The molecule has 0 saturated carbocycles. The van der Waals surface area contributed by atoms with E-state index in [1.54, 1.807) is 13.8 Å². The smallest absolute Gasteiger partial charge is 0.317 e. The van der Waals surface area contributed by atoms with E-state index in [-0.39, 0.29) is 12.5 Å². The van der Waals surface area contributed by atoms with Crippen LogP contribution in [0.4, 0.5) is 4.79 Å². The van der Waals surface area contributed by atoms with E-state index in [2.05, 4.69) is 12.2 Å². The lowest BCUT2D eigenvalue weighted by Gasteiger charge is -2.29. The molecule has 0 aromatic rings. The van der Waals surface area contributed by atoms with Crippen molar-refractivity contribution in [3.05, 3.63) is 0 Å². The van der Waals surface area contributed by atoms with Gasteiger partial charge in [0.1, 0.15) is 0 Å². The average Bonchev–Trinajstić information content (AvgIpc) is 2.52. The van der Waals surface area contributed by atoms with Gasteiger partial charge in [0, 0.05) is 18.6 Å². The van der Waals surface area contributed by atoms with E-state index < -0.39 is 11.5 Å². The molecule has 20 heavy (non-hydrogen) atoms. The molecule has 1 aliphatic heterocycles. The summed E-state index contributed by atoms with van der Waals surface area (Å²) >= 11 is 0. The van der Waals surface area contributed by atoms with Crippen LogP contribution in [0.25, 0.3) is 0 Å². The van der Waals surface area contributed by atoms with Crippen LogP contribution in [-0.4, -0.2) is 40.6 Å². The maximum atomic E-state index is 12.2. The zero-order valence-electron chi connectivity index (χ0n) is 12.9. The molecule has 5 heteroatoms. The molecule has 116 valence electrons. The van der Waals surface area contributed by atoms with Gasteiger partial charge in [-0.25, -0.2) is 4.79 Å². The fraction of sp³-hybridized carbons (Fsp3) is 0.867. The summed E-state index contributed by atoms with van der Waals surface area (Å²) in [5.74, 6) is -0.168. The highest BCUT2D eigenvalue weighted by Crippen LogP contribution is 2.22. The van der Waals surface area contributed by atoms with Crippen molar-refractivity contribution in [3.8, 4) is 0 Å². The van der Waals surface area contributed by atoms with Crippen molar-refractivity contribution in [1.82, 2.24) is 10.2 Å². The van der Waals surface area contributed by atoms with Crippen molar-refractivity contribution in [2.24, 2.45) is 5.92 Å². The Morgan fingerprint density at radius 2 is 2.00 bits per heavy atom. The number of carboxylic acid groups (broad SMARTS) is 1. The number of rotatable bonds is 5. The molecule has 0 bridgehead atoms. The quantitative estimate of drug-likeness (QED) is 0.815. The molecule has 1 atom stereocenters. The van der Waals surface area contributed by atoms with Crippen LogP contribution in [0, 0.1) is 5.92 Å². The SMILES string of the molecule is CCCC1CCCN(C(=O)NC(C)(C)CC(=O)O)CC1. The summed E-state index contributed by atoms with van der Waals surface area (Å²) in [4.78, 5) is 24.8. The third kappa shape index (κ3) is 5.80. The van der Waals surface area contributed by atoms with Crippen molar-refractivity contribution in [2.75, 3.05) is 13.1 Å². The molecule has 1 saturated heterocycles. The van der Waals surface area contributed by atoms with Crippen LogP contribution in [0.1, 0.15) is 59.3 Å². The number of hydrogen-bond donors (Lipinski definition) is 2. The zero-order chi connectivity index (χ0) is 15.2. The molecule has 0 aromatic heterocycles. The van der Waals surface area contributed by atoms with Gasteiger partial charge in [-0.15, -0.1) is 0 Å². The zero-order valence-corrected chi connectivity index (χ0v) is 12.9. The Bertz CT molecular complexity index is 342. The third-order valence-electron chi connectivity index (χ3n) is 3.87. The van der Waals surface area contributed by atoms with Gasteiger partial charge in [-0.05, 0) is 39.0 Å². The second-order valence-electron chi connectivity index (χ2n) is 6.46. The van der Waals surface area contributed by atoms with Gasteiger partial charge in [0.2, 0.25) is 0 Å². The van der Waals surface area contributed by atoms with Gasteiger partial charge in [-0.3, -0.25) is 4.79 Å². The molecule has 1 heterocycles. The van der Waals surface area contributed by atoms with Crippen molar-refractivity contribution in [1.29, 1.82) is 0 Å². The molecule has 1 fully saturated rings. The number of carboxylic acids is 1. The standard InChI is InChI=1S/C15H28N2O3/c1-4-6-12-7-5-9-17(10-8-12)14(20)16-15(2,3)11-13(18)19/h12H,4-11H2,1-3H3,(H,16,20)(H,18,19). The van der Waals surface area contributed by atoms with E-state index >= 15 is 0 Å². The molecule has 2 N–H and O–H groups in total. The van der Waals surface area contributed by atoms with Crippen LogP contribution in [0.2, 0.25) is 0 Å². The number of hydrogen-bond acceptors (Lipinski definition) is 2. The fourth-order valence-corrected chi connectivity index (χ4v) is 2.86. The molecule has 1 rings (SSSR count). The molecule has 0 aliphatic carbocycles. The first kappa shape index (κ1) is 16.8. The van der Waals surface area contributed by atoms with Gasteiger partial charge in [0.15, 0.2) is 0 Å². The normalized spacial score (nSPS) is 20.4. The van der Waals surface area contributed by atoms with E-state index in [1.165, 1.54) is 19.3 Å². The topological polar surface area (TPSA) is 69.6 Å². The van der Waals surface area contributed by atoms with Crippen molar-refractivity contribution in [3.63, 3.8) is 0 Å². The Kier molecular flexibility index (Phi) is 6.30. The second-order valence-corrected chi connectivity index (χ2v) is 6.46. The number of aliphatic carboxylic acids is 1. The van der Waals surface area contributed by atoms with Gasteiger partial charge in [0.05, 0.1) is 6.42 Å². The molecule has 0 radical (unpaired) electrons. The van der Waals surface area contributed by atoms with Gasteiger partial charge in [0.25, 0.3) is 0 Å². The van der Waals surface area contributed by atoms with Gasteiger partial charge in [-0.1, -0.05) is 19.8 Å². The van der Waals surface area contributed by atoms with E-state index in [0.717, 1.165) is 31.8 Å². The maximum absolute atomic E-state index is 12.2. The summed E-state index contributed by atoms with van der Waals surface area (Å²) in [6, 6.07) is -0.131. The van der Waals surface area contributed by atoms with Gasteiger partial charge >= 0.3 is 12.0 Å². The summed E-state index contributed by atoms with van der Waals surface area (Å²) in [5, 5.41) is 11.7. The first-order valence-corrected chi connectivity index (χ1v) is 7.63. The summed E-state index contributed by atoms with van der Waals surface area (Å²) in [5.41, 5.74) is -0.710. The number of likely N-dealkylation sites (tertiary alicyclic amines) is 1. The molecular weight excluding hydrogens is 256 g/mol. The fourth-order valence-electron chi connectivity index (χ4n) is 2.86. The lowest BCUT2D eigenvalue weighted by atomic mass is 9.96. The van der Waals surface area contributed by atoms with Crippen molar-refractivity contribution >= 4 is 12.0 Å². The average molecular weight is 284 g/mol. The second kappa shape index (κ2) is 7.50. The number of nitrogens with one attached hydrogen (secondary N) is 1. The summed E-state index contributed by atoms with van der Waals surface area (Å²) in [6.45, 7) is 7.24. The number of nitrogens with zero attached hydrogens (tertiary/aromatic N) is 1. The molecule has 1 unspecified atom stereocenters. The monoisotopic (exact) mass is 284 g/mol. The van der Waals surface area contributed by atoms with E-state index in [9.17, 15) is 9.59 Å². The Morgan fingerprint density at radius 3 is 2.60 bits per heavy atom. The van der Waals surface area contributed by atoms with Crippen LogP contribution in [0.3, 0.4) is 0 Å². The summed E-state index contributed by atoms with van der Waals surface area (Å²) in [6.07, 6.45) is 5.65. The molecule has 1 aliphatic rings. The van der Waals surface area contributed by atoms with Crippen molar-refractivity contribution < 1.29 is 14.7 Å². The minimum absolute atomic E-state index is 0.0644. The van der Waals surface area contributed by atoms with Crippen molar-refractivity contribution in [2.45, 2.75) is 64.8 Å². The number of carbonyl (C=O) groups excluding carboxylic acids is 1. The molecular formula is C15H28N2O3. The molecule has 2 amide bonds. The first-order chi connectivity index (χ1) is 9.34. The lowest BCUT2D eigenvalue weighted by Crippen LogP contribution is -2.51. The number of carbonyl (C=O) groups is 2. The minimum Gasteiger partial charge on any atom is -0.481 e. The largest absolute Gasteiger partial charge is 0.481 e. The predicted molar refractivity (Wildman–Crippen MR) is 78.7 cm³/mol. The maximum Gasteiger partial charge on any atom is 0.317 e. The van der Waals surface area contributed by atoms with Gasteiger partial charge < -0.3 is 15.3 Å². The van der Waals surface area contributed by atoms with Gasteiger partial charge in [-0.2, -0.15) is 0 Å². The Hall–Kier alpha value is -1.26. The predicted octanol–water partition coefficient (Wildman–Crippen LogP) is 2.85. The van der Waals surface area contributed by atoms with E-state index in [0.29, 0.717) is 0 Å². The van der Waals surface area contributed by atoms with E-state index in [1.807, 2.05) is 4.90 Å². The summed E-state index contributed by atoms with van der Waals surface area (Å²) < 4.78 is 0. The highest BCUT2D eigenvalue weighted by molar-refractivity contribution is 5.76. The minimum atomic E-state index is -0.894. The highest BCUT2D eigenvalue weighted by Gasteiger charge is 2.27. The van der Waals surface area contributed by atoms with Crippen LogP contribution in [-0.2, 0) is 4.79 Å². The lowest BCUT2D eigenvalue weighted by molar-refractivity contribution is -0.138. The first-order valence-electron chi connectivity index (χ1n) is 7.63. The Balaban J connectivity index is 2.49. The Labute approximate surface area is 121 Å². The number of urea groups is 1. The van der Waals surface area contributed by atoms with Crippen LogP contribution in [0.5, 0.6) is 0 Å². The van der Waals surface area contributed by atoms with E-state index in [4.69, 9.17) is 5.11 Å². The van der Waals surface area contributed by atoms with Crippen LogP contribution >= 0.6 is 0 Å². The highest BCUT2D eigenvalue weighted by atomic mass is 16.4. The Morgan fingerprint density at radius 1 is 1.30 bits per heavy atom.